The molecule has 0 aliphatic carbocycles. The van der Waals surface area contributed by atoms with Crippen molar-refractivity contribution in [3.63, 3.8) is 0 Å². The zero-order valence-electron chi connectivity index (χ0n) is 21.8. The molecule has 0 fully saturated rings. The van der Waals surface area contributed by atoms with Gasteiger partial charge in [0.2, 0.25) is 0 Å². The van der Waals surface area contributed by atoms with E-state index in [2.05, 4.69) is 68.9 Å². The van der Waals surface area contributed by atoms with Crippen molar-refractivity contribution in [2.75, 3.05) is 13.7 Å². The number of methoxy groups -OCH3 is 1. The third-order valence-corrected chi connectivity index (χ3v) is 7.27. The van der Waals surface area contributed by atoms with Crippen LogP contribution in [0.4, 0.5) is 0 Å². The van der Waals surface area contributed by atoms with Crippen LogP contribution in [0.1, 0.15) is 69.5 Å². The second-order valence-corrected chi connectivity index (χ2v) is 8.88. The van der Waals surface area contributed by atoms with Gasteiger partial charge in [0.05, 0.1) is 12.2 Å². The molecule has 32 heavy (non-hydrogen) atoms. The van der Waals surface area contributed by atoms with Gasteiger partial charge in [0, 0.05) is 7.11 Å². The van der Waals surface area contributed by atoms with E-state index >= 15 is 0 Å². The van der Waals surface area contributed by atoms with Crippen LogP contribution in [0.2, 0.25) is 0 Å². The Balaban J connectivity index is 2.66. The van der Waals surface area contributed by atoms with Crippen molar-refractivity contribution in [2.45, 2.75) is 81.8 Å². The molecule has 0 aromatic heterocycles. The van der Waals surface area contributed by atoms with Gasteiger partial charge in [-0.2, -0.15) is 0 Å². The summed E-state index contributed by atoms with van der Waals surface area (Å²) in [4.78, 5) is 12.2. The number of benzene rings is 2. The first-order chi connectivity index (χ1) is 15.0. The Morgan fingerprint density at radius 3 is 1.53 bits per heavy atom. The number of hydrogen-bond acceptors (Lipinski definition) is 3. The summed E-state index contributed by atoms with van der Waals surface area (Å²) in [6, 6.07) is 0. The molecule has 0 amide bonds. The lowest BCUT2D eigenvalue weighted by Crippen LogP contribution is -2.13. The molecular weight excluding hydrogens is 396 g/mol. The van der Waals surface area contributed by atoms with E-state index in [9.17, 15) is 4.79 Å². The molecular formula is C29H40O3. The van der Waals surface area contributed by atoms with Crippen molar-refractivity contribution >= 4 is 5.97 Å². The molecule has 0 radical (unpaired) electrons. The van der Waals surface area contributed by atoms with Gasteiger partial charge in [0.25, 0.3) is 0 Å². The lowest BCUT2D eigenvalue weighted by atomic mass is 9.78. The van der Waals surface area contributed by atoms with Gasteiger partial charge in [-0.05, 0) is 128 Å². The standard InChI is InChI=1S/C29H40O3/c1-12-24-17(4)20(7)28(23(10)25(24)13-2)27-21(8)18(5)26(19(6)22(27)9)15-32-29(30)16(3)14-31-11/h3,12-15H2,1-2,4-11H3. The molecule has 2 aromatic rings. The molecule has 0 atom stereocenters. The summed E-state index contributed by atoms with van der Waals surface area (Å²) < 4.78 is 10.6. The quantitative estimate of drug-likeness (QED) is 0.334. The number of rotatable bonds is 8. The van der Waals surface area contributed by atoms with Crippen molar-refractivity contribution < 1.29 is 14.3 Å². The number of carbonyl (C=O) groups excluding carboxylic acids is 1. The maximum Gasteiger partial charge on any atom is 0.336 e. The van der Waals surface area contributed by atoms with Gasteiger partial charge in [-0.1, -0.05) is 20.4 Å². The Bertz CT molecular complexity index is 1030. The van der Waals surface area contributed by atoms with E-state index in [0.717, 1.165) is 18.4 Å². The average Bonchev–Trinajstić information content (AvgIpc) is 2.76. The minimum absolute atomic E-state index is 0.180. The van der Waals surface area contributed by atoms with E-state index in [1.54, 1.807) is 7.11 Å². The van der Waals surface area contributed by atoms with Crippen LogP contribution in [-0.4, -0.2) is 19.7 Å². The Labute approximate surface area is 194 Å². The van der Waals surface area contributed by atoms with Crippen molar-refractivity contribution in [3.05, 3.63) is 67.8 Å². The molecule has 3 nitrogen and oxygen atoms in total. The van der Waals surface area contributed by atoms with Crippen molar-refractivity contribution in [1.29, 1.82) is 0 Å². The first-order valence-corrected chi connectivity index (χ1v) is 11.6. The van der Waals surface area contributed by atoms with Gasteiger partial charge < -0.3 is 9.47 Å². The maximum absolute atomic E-state index is 12.2. The van der Waals surface area contributed by atoms with Crippen LogP contribution >= 0.6 is 0 Å². The van der Waals surface area contributed by atoms with Crippen molar-refractivity contribution in [2.24, 2.45) is 0 Å². The highest BCUT2D eigenvalue weighted by Gasteiger charge is 2.23. The fourth-order valence-electron chi connectivity index (χ4n) is 5.09. The fraction of sp³-hybridized carbons (Fsp3) is 0.483. The van der Waals surface area contributed by atoms with Crippen LogP contribution in [0.25, 0.3) is 11.1 Å². The second-order valence-electron chi connectivity index (χ2n) is 8.88. The number of esters is 1. The summed E-state index contributed by atoms with van der Waals surface area (Å²) in [6.45, 7) is 24.1. The SMILES string of the molecule is C=C(COC)C(=O)OCc1c(C)c(C)c(-c2c(C)c(C)c(CC)c(CC)c2C)c(C)c1C. The van der Waals surface area contributed by atoms with Gasteiger partial charge in [-0.25, -0.2) is 4.79 Å². The largest absolute Gasteiger partial charge is 0.457 e. The summed E-state index contributed by atoms with van der Waals surface area (Å²) in [6.07, 6.45) is 2.10. The zero-order chi connectivity index (χ0) is 24.3. The molecule has 2 rings (SSSR count). The predicted octanol–water partition coefficient (Wildman–Crippen LogP) is 6.88. The van der Waals surface area contributed by atoms with Crippen LogP contribution in [0.15, 0.2) is 12.2 Å². The highest BCUT2D eigenvalue weighted by molar-refractivity contribution is 5.88. The number of hydrogen-bond donors (Lipinski definition) is 0. The molecule has 0 spiro atoms. The van der Waals surface area contributed by atoms with Crippen LogP contribution < -0.4 is 0 Å². The lowest BCUT2D eigenvalue weighted by Gasteiger charge is -2.26. The Morgan fingerprint density at radius 2 is 1.09 bits per heavy atom. The summed E-state index contributed by atoms with van der Waals surface area (Å²) in [5.41, 5.74) is 16.1. The van der Waals surface area contributed by atoms with Gasteiger partial charge >= 0.3 is 5.97 Å². The molecule has 3 heteroatoms. The van der Waals surface area contributed by atoms with E-state index in [4.69, 9.17) is 9.47 Å². The summed E-state index contributed by atoms with van der Waals surface area (Å²) in [7, 11) is 1.54. The molecule has 0 bridgehead atoms. The summed E-state index contributed by atoms with van der Waals surface area (Å²) >= 11 is 0. The topological polar surface area (TPSA) is 35.5 Å². The third kappa shape index (κ3) is 4.54. The van der Waals surface area contributed by atoms with E-state index in [0.29, 0.717) is 5.57 Å². The van der Waals surface area contributed by atoms with E-state index in [1.807, 2.05) is 0 Å². The maximum atomic E-state index is 12.2. The van der Waals surface area contributed by atoms with Crippen LogP contribution in [0.5, 0.6) is 0 Å². The predicted molar refractivity (Wildman–Crippen MR) is 135 cm³/mol. The molecule has 0 heterocycles. The smallest absolute Gasteiger partial charge is 0.336 e. The highest BCUT2D eigenvalue weighted by atomic mass is 16.5. The first kappa shape index (κ1) is 25.9. The molecule has 2 aromatic carbocycles. The summed E-state index contributed by atoms with van der Waals surface area (Å²) in [5, 5.41) is 0. The first-order valence-electron chi connectivity index (χ1n) is 11.6. The molecule has 0 saturated carbocycles. The molecule has 0 aliphatic heterocycles. The zero-order valence-corrected chi connectivity index (χ0v) is 21.8. The minimum atomic E-state index is -0.407. The number of ether oxygens (including phenoxy) is 2. The Hall–Kier alpha value is -2.39. The van der Waals surface area contributed by atoms with Gasteiger partial charge in [0.1, 0.15) is 6.61 Å². The molecule has 0 unspecified atom stereocenters. The fourth-order valence-corrected chi connectivity index (χ4v) is 5.09. The van der Waals surface area contributed by atoms with Gasteiger partial charge in [0.15, 0.2) is 0 Å². The second kappa shape index (κ2) is 10.5. The minimum Gasteiger partial charge on any atom is -0.457 e. The van der Waals surface area contributed by atoms with E-state index in [-0.39, 0.29) is 13.2 Å². The molecule has 0 N–H and O–H groups in total. The molecule has 174 valence electrons. The Morgan fingerprint density at radius 1 is 0.688 bits per heavy atom. The van der Waals surface area contributed by atoms with Crippen molar-refractivity contribution in [3.8, 4) is 11.1 Å². The van der Waals surface area contributed by atoms with Gasteiger partial charge in [-0.15, -0.1) is 0 Å². The van der Waals surface area contributed by atoms with Crippen LogP contribution in [-0.2, 0) is 33.7 Å². The average molecular weight is 437 g/mol. The lowest BCUT2D eigenvalue weighted by molar-refractivity contribution is -0.140. The summed E-state index contributed by atoms with van der Waals surface area (Å²) in [5.74, 6) is -0.407. The highest BCUT2D eigenvalue weighted by Crippen LogP contribution is 2.41. The van der Waals surface area contributed by atoms with E-state index < -0.39 is 5.97 Å². The molecule has 0 aliphatic rings. The molecule has 0 saturated heterocycles. The number of carbonyl (C=O) groups is 1. The normalized spacial score (nSPS) is 11.1. The van der Waals surface area contributed by atoms with Crippen LogP contribution in [0, 0.1) is 48.5 Å². The van der Waals surface area contributed by atoms with Crippen molar-refractivity contribution in [1.82, 2.24) is 0 Å². The Kier molecular flexibility index (Phi) is 8.47. The third-order valence-electron chi connectivity index (χ3n) is 7.27. The van der Waals surface area contributed by atoms with E-state index in [1.165, 1.54) is 61.2 Å². The van der Waals surface area contributed by atoms with Gasteiger partial charge in [-0.3, -0.25) is 0 Å². The van der Waals surface area contributed by atoms with Crippen LogP contribution in [0.3, 0.4) is 0 Å². The monoisotopic (exact) mass is 436 g/mol.